The fraction of sp³-hybridized carbons (Fsp3) is 0.500. The Morgan fingerprint density at radius 1 is 1.36 bits per heavy atom. The summed E-state index contributed by atoms with van der Waals surface area (Å²) in [7, 11) is 1.63. The van der Waals surface area contributed by atoms with Crippen molar-refractivity contribution in [2.75, 3.05) is 13.7 Å². The summed E-state index contributed by atoms with van der Waals surface area (Å²) in [5.41, 5.74) is 1.22. The summed E-state index contributed by atoms with van der Waals surface area (Å²) in [6, 6.07) is 10.2. The third-order valence-corrected chi connectivity index (χ3v) is 3.10. The zero-order valence-corrected chi connectivity index (χ0v) is 8.44. The quantitative estimate of drug-likeness (QED) is 0.787. The largest absolute Gasteiger partial charge is 0.390 e. The number of aliphatic hydroxyl groups excluding tert-OH is 1. The number of methoxy groups -OCH3 is 1. The molecule has 0 saturated heterocycles. The minimum atomic E-state index is -0.366. The average molecular weight is 192 g/mol. The van der Waals surface area contributed by atoms with Crippen LogP contribution in [0.5, 0.6) is 0 Å². The first-order valence-electron chi connectivity index (χ1n) is 5.02. The van der Waals surface area contributed by atoms with Gasteiger partial charge in [0, 0.05) is 12.5 Å². The second kappa shape index (κ2) is 3.71. The maximum absolute atomic E-state index is 9.97. The number of benzene rings is 1. The van der Waals surface area contributed by atoms with E-state index in [1.807, 2.05) is 18.2 Å². The van der Waals surface area contributed by atoms with Gasteiger partial charge in [-0.15, -0.1) is 0 Å². The van der Waals surface area contributed by atoms with Crippen molar-refractivity contribution in [2.45, 2.75) is 24.4 Å². The lowest BCUT2D eigenvalue weighted by atomic mass is 9.90. The van der Waals surface area contributed by atoms with Gasteiger partial charge in [0.05, 0.1) is 12.7 Å². The highest BCUT2D eigenvalue weighted by Gasteiger charge is 2.50. The van der Waals surface area contributed by atoms with Gasteiger partial charge in [0.1, 0.15) is 0 Å². The van der Waals surface area contributed by atoms with E-state index < -0.39 is 0 Å². The summed E-state index contributed by atoms with van der Waals surface area (Å²) >= 11 is 0. The molecule has 2 nitrogen and oxygen atoms in total. The minimum Gasteiger partial charge on any atom is -0.390 e. The van der Waals surface area contributed by atoms with Crippen LogP contribution in [0.25, 0.3) is 0 Å². The van der Waals surface area contributed by atoms with Crippen molar-refractivity contribution in [3.8, 4) is 0 Å². The number of hydrogen-bond donors (Lipinski definition) is 1. The smallest absolute Gasteiger partial charge is 0.0869 e. The number of ether oxygens (including phenoxy) is 1. The number of hydrogen-bond acceptors (Lipinski definition) is 2. The fourth-order valence-corrected chi connectivity index (χ4v) is 2.04. The van der Waals surface area contributed by atoms with E-state index in [0.29, 0.717) is 6.61 Å². The van der Waals surface area contributed by atoms with E-state index in [1.165, 1.54) is 5.56 Å². The predicted octanol–water partition coefficient (Wildman–Crippen LogP) is 1.73. The monoisotopic (exact) mass is 192 g/mol. The third kappa shape index (κ3) is 1.56. The van der Waals surface area contributed by atoms with Crippen LogP contribution >= 0.6 is 0 Å². The van der Waals surface area contributed by atoms with Crippen LogP contribution in [0.15, 0.2) is 30.3 Å². The zero-order valence-electron chi connectivity index (χ0n) is 8.44. The molecule has 1 aromatic carbocycles. The molecule has 0 radical (unpaired) electrons. The van der Waals surface area contributed by atoms with Crippen LogP contribution in [-0.2, 0) is 10.2 Å². The Morgan fingerprint density at radius 3 is 2.50 bits per heavy atom. The molecule has 0 spiro atoms. The molecule has 1 aliphatic rings. The van der Waals surface area contributed by atoms with Crippen molar-refractivity contribution in [3.05, 3.63) is 35.9 Å². The molecule has 1 atom stereocenters. The lowest BCUT2D eigenvalue weighted by Crippen LogP contribution is -2.30. The molecule has 1 saturated carbocycles. The minimum absolute atomic E-state index is 0.0166. The van der Waals surface area contributed by atoms with E-state index in [1.54, 1.807) is 7.11 Å². The van der Waals surface area contributed by atoms with Crippen LogP contribution in [0.1, 0.15) is 18.4 Å². The normalized spacial score (nSPS) is 20.4. The van der Waals surface area contributed by atoms with E-state index in [9.17, 15) is 5.11 Å². The van der Waals surface area contributed by atoms with Gasteiger partial charge in [0.25, 0.3) is 0 Å². The van der Waals surface area contributed by atoms with Crippen LogP contribution in [0.3, 0.4) is 0 Å². The van der Waals surface area contributed by atoms with Crippen molar-refractivity contribution >= 4 is 0 Å². The first kappa shape index (κ1) is 9.69. The molecule has 0 amide bonds. The maximum atomic E-state index is 9.97. The number of aliphatic hydroxyl groups is 1. The van der Waals surface area contributed by atoms with Gasteiger partial charge in [-0.1, -0.05) is 30.3 Å². The van der Waals surface area contributed by atoms with Crippen molar-refractivity contribution in [1.82, 2.24) is 0 Å². The summed E-state index contributed by atoms with van der Waals surface area (Å²) < 4.78 is 5.00. The summed E-state index contributed by atoms with van der Waals surface area (Å²) in [6.07, 6.45) is 1.78. The molecule has 1 N–H and O–H groups in total. The molecule has 0 bridgehead atoms. The van der Waals surface area contributed by atoms with Gasteiger partial charge >= 0.3 is 0 Å². The molecule has 0 heterocycles. The zero-order chi connectivity index (χ0) is 10.0. The highest BCUT2D eigenvalue weighted by Crippen LogP contribution is 2.50. The molecule has 76 valence electrons. The summed E-state index contributed by atoms with van der Waals surface area (Å²) in [6.45, 7) is 0.425. The summed E-state index contributed by atoms with van der Waals surface area (Å²) in [5, 5.41) is 9.97. The summed E-state index contributed by atoms with van der Waals surface area (Å²) in [4.78, 5) is 0. The fourth-order valence-electron chi connectivity index (χ4n) is 2.04. The lowest BCUT2D eigenvalue weighted by Gasteiger charge is -2.21. The summed E-state index contributed by atoms with van der Waals surface area (Å²) in [5.74, 6) is 0. The van der Waals surface area contributed by atoms with Gasteiger partial charge in [0.15, 0.2) is 0 Å². The molecule has 1 aliphatic carbocycles. The van der Waals surface area contributed by atoms with Crippen LogP contribution in [0.2, 0.25) is 0 Å². The first-order valence-corrected chi connectivity index (χ1v) is 5.02. The molecule has 1 unspecified atom stereocenters. The van der Waals surface area contributed by atoms with E-state index >= 15 is 0 Å². The Bertz CT molecular complexity index is 290. The predicted molar refractivity (Wildman–Crippen MR) is 55.2 cm³/mol. The molecular weight excluding hydrogens is 176 g/mol. The van der Waals surface area contributed by atoms with Crippen LogP contribution in [0, 0.1) is 0 Å². The highest BCUT2D eigenvalue weighted by molar-refractivity contribution is 5.32. The standard InChI is InChI=1S/C12H16O2/c1-14-9-11(13)12(7-8-12)10-5-3-2-4-6-10/h2-6,11,13H,7-9H2,1H3. The van der Waals surface area contributed by atoms with Crippen LogP contribution in [0.4, 0.5) is 0 Å². The first-order chi connectivity index (χ1) is 6.79. The molecule has 2 rings (SSSR count). The molecule has 2 heteroatoms. The Kier molecular flexibility index (Phi) is 2.57. The molecule has 0 aliphatic heterocycles. The molecular formula is C12H16O2. The Morgan fingerprint density at radius 2 is 2.00 bits per heavy atom. The Balaban J connectivity index is 2.17. The SMILES string of the molecule is COCC(O)C1(c2ccccc2)CC1. The van der Waals surface area contributed by atoms with Gasteiger partial charge in [-0.3, -0.25) is 0 Å². The Hall–Kier alpha value is -0.860. The van der Waals surface area contributed by atoms with Gasteiger partial charge in [-0.05, 0) is 18.4 Å². The van der Waals surface area contributed by atoms with E-state index in [2.05, 4.69) is 12.1 Å². The van der Waals surface area contributed by atoms with E-state index in [-0.39, 0.29) is 11.5 Å². The number of rotatable bonds is 4. The van der Waals surface area contributed by atoms with Crippen LogP contribution < -0.4 is 0 Å². The third-order valence-electron chi connectivity index (χ3n) is 3.10. The van der Waals surface area contributed by atoms with Gasteiger partial charge in [0.2, 0.25) is 0 Å². The van der Waals surface area contributed by atoms with Gasteiger partial charge in [-0.2, -0.15) is 0 Å². The van der Waals surface area contributed by atoms with Crippen LogP contribution in [-0.4, -0.2) is 24.9 Å². The molecule has 14 heavy (non-hydrogen) atoms. The highest BCUT2D eigenvalue weighted by atomic mass is 16.5. The average Bonchev–Trinajstić information content (AvgIpc) is 3.00. The molecule has 1 fully saturated rings. The second-order valence-corrected chi connectivity index (χ2v) is 3.99. The maximum Gasteiger partial charge on any atom is 0.0869 e. The topological polar surface area (TPSA) is 29.5 Å². The van der Waals surface area contributed by atoms with Crippen molar-refractivity contribution in [1.29, 1.82) is 0 Å². The van der Waals surface area contributed by atoms with Gasteiger partial charge < -0.3 is 9.84 Å². The van der Waals surface area contributed by atoms with E-state index in [0.717, 1.165) is 12.8 Å². The van der Waals surface area contributed by atoms with Gasteiger partial charge in [-0.25, -0.2) is 0 Å². The van der Waals surface area contributed by atoms with Crippen molar-refractivity contribution < 1.29 is 9.84 Å². The Labute approximate surface area is 84.5 Å². The molecule has 1 aromatic rings. The second-order valence-electron chi connectivity index (χ2n) is 3.99. The molecule has 0 aromatic heterocycles. The lowest BCUT2D eigenvalue weighted by molar-refractivity contribution is 0.0391. The van der Waals surface area contributed by atoms with Crippen molar-refractivity contribution in [3.63, 3.8) is 0 Å². The van der Waals surface area contributed by atoms with Crippen molar-refractivity contribution in [2.24, 2.45) is 0 Å². The van der Waals surface area contributed by atoms with E-state index in [4.69, 9.17) is 4.74 Å².